The average molecular weight is 327 g/mol. The van der Waals surface area contributed by atoms with Gasteiger partial charge in [0, 0.05) is 11.8 Å². The molecule has 3 aromatic rings. The van der Waals surface area contributed by atoms with E-state index in [2.05, 4.69) is 15.6 Å². The number of oxazole rings is 1. The summed E-state index contributed by atoms with van der Waals surface area (Å²) in [7, 11) is 1.55. The predicted octanol–water partition coefficient (Wildman–Crippen LogP) is 3.34. The summed E-state index contributed by atoms with van der Waals surface area (Å²) in [5.74, 6) is 0.0437. The molecule has 0 saturated heterocycles. The number of H-pyrrole nitrogens is 1. The molecule has 0 unspecified atom stereocenters. The quantitative estimate of drug-likeness (QED) is 0.685. The van der Waals surface area contributed by atoms with Gasteiger partial charge in [0.25, 0.3) is 0 Å². The number of aryl methyl sites for hydroxylation is 1. The maximum absolute atomic E-state index is 12.2. The van der Waals surface area contributed by atoms with Crippen molar-refractivity contribution < 1.29 is 13.9 Å². The van der Waals surface area contributed by atoms with Gasteiger partial charge in [-0.15, -0.1) is 0 Å². The van der Waals surface area contributed by atoms with E-state index < -0.39 is 11.8 Å². The second kappa shape index (κ2) is 6.49. The molecule has 24 heavy (non-hydrogen) atoms. The minimum Gasteiger partial charge on any atom is -0.495 e. The molecule has 0 fully saturated rings. The molecule has 7 nitrogen and oxygen atoms in total. The maximum Gasteiger partial charge on any atom is 0.417 e. The fourth-order valence-corrected chi connectivity index (χ4v) is 2.38. The molecule has 0 aliphatic heterocycles. The van der Waals surface area contributed by atoms with Crippen molar-refractivity contribution in [1.82, 2.24) is 4.98 Å². The molecule has 3 N–H and O–H groups in total. The Morgan fingerprint density at radius 3 is 2.79 bits per heavy atom. The van der Waals surface area contributed by atoms with Crippen molar-refractivity contribution in [3.63, 3.8) is 0 Å². The van der Waals surface area contributed by atoms with Crippen molar-refractivity contribution in [1.29, 1.82) is 0 Å². The Balaban J connectivity index is 1.78. The summed E-state index contributed by atoms with van der Waals surface area (Å²) in [4.78, 5) is 25.9. The van der Waals surface area contributed by atoms with E-state index in [0.717, 1.165) is 12.0 Å². The Labute approximate surface area is 137 Å². The van der Waals surface area contributed by atoms with E-state index in [-0.39, 0.29) is 0 Å². The summed E-state index contributed by atoms with van der Waals surface area (Å²) in [5, 5.41) is 5.46. The van der Waals surface area contributed by atoms with Crippen LogP contribution in [0.5, 0.6) is 5.75 Å². The third-order valence-electron chi connectivity index (χ3n) is 3.60. The first-order valence-electron chi connectivity index (χ1n) is 7.47. The van der Waals surface area contributed by atoms with Crippen molar-refractivity contribution in [3.8, 4) is 5.75 Å². The van der Waals surface area contributed by atoms with E-state index in [0.29, 0.717) is 28.2 Å². The van der Waals surface area contributed by atoms with Crippen LogP contribution in [0.25, 0.3) is 11.1 Å². The van der Waals surface area contributed by atoms with Crippen molar-refractivity contribution in [3.05, 3.63) is 52.5 Å². The van der Waals surface area contributed by atoms with Crippen molar-refractivity contribution >= 4 is 28.5 Å². The number of aromatic amines is 1. The molecule has 0 radical (unpaired) electrons. The molecule has 7 heteroatoms. The summed E-state index contributed by atoms with van der Waals surface area (Å²) in [6.07, 6.45) is 0.851. The van der Waals surface area contributed by atoms with E-state index in [1.54, 1.807) is 25.3 Å². The highest BCUT2D eigenvalue weighted by Gasteiger charge is 2.10. The second-order valence-corrected chi connectivity index (χ2v) is 5.19. The van der Waals surface area contributed by atoms with Crippen molar-refractivity contribution in [2.24, 2.45) is 0 Å². The minimum absolute atomic E-state index is 0.378. The largest absolute Gasteiger partial charge is 0.495 e. The molecular weight excluding hydrogens is 310 g/mol. The zero-order valence-electron chi connectivity index (χ0n) is 13.3. The number of fused-ring (bicyclic) bond motifs is 1. The molecule has 0 spiro atoms. The van der Waals surface area contributed by atoms with Gasteiger partial charge in [-0.25, -0.2) is 9.59 Å². The fraction of sp³-hybridized carbons (Fsp3) is 0.176. The first kappa shape index (κ1) is 15.7. The topological polar surface area (TPSA) is 96.4 Å². The number of rotatable bonds is 4. The summed E-state index contributed by atoms with van der Waals surface area (Å²) >= 11 is 0. The van der Waals surface area contributed by atoms with Crippen molar-refractivity contribution in [2.75, 3.05) is 17.7 Å². The minimum atomic E-state index is -0.535. The number of hydrogen-bond donors (Lipinski definition) is 3. The van der Waals surface area contributed by atoms with Gasteiger partial charge < -0.3 is 19.8 Å². The van der Waals surface area contributed by atoms with E-state index in [1.807, 2.05) is 25.1 Å². The molecule has 1 aromatic heterocycles. The van der Waals surface area contributed by atoms with Gasteiger partial charge in [-0.05, 0) is 36.2 Å². The highest BCUT2D eigenvalue weighted by atomic mass is 16.5. The number of amides is 2. The Hall–Kier alpha value is -3.22. The molecule has 1 heterocycles. The number of hydrogen-bond acceptors (Lipinski definition) is 4. The van der Waals surface area contributed by atoms with E-state index >= 15 is 0 Å². The maximum atomic E-state index is 12.2. The average Bonchev–Trinajstić information content (AvgIpc) is 2.94. The third-order valence-corrected chi connectivity index (χ3v) is 3.60. The molecule has 3 rings (SSSR count). The SMILES string of the molecule is CCc1ccc(OC)c(NC(=O)Nc2ccc3[nH]c(=O)oc3c2)c1. The lowest BCUT2D eigenvalue weighted by atomic mass is 10.1. The van der Waals surface area contributed by atoms with Gasteiger partial charge in [-0.1, -0.05) is 13.0 Å². The van der Waals surface area contributed by atoms with E-state index in [4.69, 9.17) is 9.15 Å². The second-order valence-electron chi connectivity index (χ2n) is 5.19. The van der Waals surface area contributed by atoms with Crippen LogP contribution in [-0.2, 0) is 6.42 Å². The van der Waals surface area contributed by atoms with Crippen LogP contribution in [0.15, 0.2) is 45.6 Å². The van der Waals surface area contributed by atoms with Gasteiger partial charge >= 0.3 is 11.8 Å². The Morgan fingerprint density at radius 2 is 2.04 bits per heavy atom. The van der Waals surface area contributed by atoms with Crippen LogP contribution in [0.4, 0.5) is 16.2 Å². The number of carbonyl (C=O) groups excluding carboxylic acids is 1. The molecule has 124 valence electrons. The number of urea groups is 1. The fourth-order valence-electron chi connectivity index (χ4n) is 2.38. The normalized spacial score (nSPS) is 10.6. The number of aromatic nitrogens is 1. The van der Waals surface area contributed by atoms with Crippen LogP contribution in [0.3, 0.4) is 0 Å². The lowest BCUT2D eigenvalue weighted by Crippen LogP contribution is -2.19. The molecular formula is C17H17N3O4. The summed E-state index contributed by atoms with van der Waals surface area (Å²) in [6, 6.07) is 10.1. The Bertz CT molecular complexity index is 942. The first-order chi connectivity index (χ1) is 11.6. The number of methoxy groups -OCH3 is 1. The van der Waals surface area contributed by atoms with Crippen LogP contribution in [0.1, 0.15) is 12.5 Å². The van der Waals surface area contributed by atoms with E-state index in [9.17, 15) is 9.59 Å². The predicted molar refractivity (Wildman–Crippen MR) is 91.8 cm³/mol. The zero-order valence-corrected chi connectivity index (χ0v) is 13.3. The van der Waals surface area contributed by atoms with Gasteiger partial charge in [0.2, 0.25) is 0 Å². The number of benzene rings is 2. The van der Waals surface area contributed by atoms with Gasteiger partial charge in [0.1, 0.15) is 5.75 Å². The highest BCUT2D eigenvalue weighted by Crippen LogP contribution is 2.26. The number of ether oxygens (including phenoxy) is 1. The third kappa shape index (κ3) is 3.24. The number of anilines is 2. The zero-order chi connectivity index (χ0) is 17.1. The molecule has 0 atom stereocenters. The van der Waals surface area contributed by atoms with Gasteiger partial charge in [0.15, 0.2) is 5.58 Å². The Morgan fingerprint density at radius 1 is 1.21 bits per heavy atom. The first-order valence-corrected chi connectivity index (χ1v) is 7.47. The molecule has 2 aromatic carbocycles. The number of carbonyl (C=O) groups is 1. The molecule has 0 aliphatic carbocycles. The molecule has 0 aliphatic rings. The lowest BCUT2D eigenvalue weighted by molar-refractivity contribution is 0.262. The summed E-state index contributed by atoms with van der Waals surface area (Å²) in [6.45, 7) is 2.03. The lowest BCUT2D eigenvalue weighted by Gasteiger charge is -2.12. The van der Waals surface area contributed by atoms with Gasteiger partial charge in [-0.2, -0.15) is 0 Å². The highest BCUT2D eigenvalue weighted by molar-refractivity contribution is 6.01. The molecule has 0 bridgehead atoms. The summed E-state index contributed by atoms with van der Waals surface area (Å²) in [5.41, 5.74) is 3.13. The van der Waals surface area contributed by atoms with E-state index in [1.165, 1.54) is 0 Å². The Kier molecular flexibility index (Phi) is 4.24. The van der Waals surface area contributed by atoms with Gasteiger partial charge in [0.05, 0.1) is 18.3 Å². The van der Waals surface area contributed by atoms with Crippen LogP contribution in [0.2, 0.25) is 0 Å². The standard InChI is InChI=1S/C17H17N3O4/c1-3-10-4-7-14(23-2)13(8-10)19-16(21)18-11-5-6-12-15(9-11)24-17(22)20-12/h4-9H,3H2,1-2H3,(H,20,22)(H2,18,19,21). The molecule has 0 saturated carbocycles. The van der Waals surface area contributed by atoms with Crippen molar-refractivity contribution in [2.45, 2.75) is 13.3 Å². The monoisotopic (exact) mass is 327 g/mol. The van der Waals surface area contributed by atoms with Crippen LogP contribution >= 0.6 is 0 Å². The van der Waals surface area contributed by atoms with Crippen LogP contribution < -0.4 is 21.1 Å². The smallest absolute Gasteiger partial charge is 0.417 e. The van der Waals surface area contributed by atoms with Crippen LogP contribution in [-0.4, -0.2) is 18.1 Å². The number of nitrogens with one attached hydrogen (secondary N) is 3. The van der Waals surface area contributed by atoms with Crippen LogP contribution in [0, 0.1) is 0 Å². The molecule has 2 amide bonds. The summed E-state index contributed by atoms with van der Waals surface area (Å²) < 4.78 is 10.2. The van der Waals surface area contributed by atoms with Gasteiger partial charge in [-0.3, -0.25) is 4.98 Å².